The van der Waals surface area contributed by atoms with Crippen LogP contribution < -0.4 is 0 Å². The summed E-state index contributed by atoms with van der Waals surface area (Å²) in [4.78, 5) is 21.3. The molecule has 0 spiro atoms. The van der Waals surface area contributed by atoms with Crippen molar-refractivity contribution in [3.8, 4) is 0 Å². The molecule has 19 heavy (non-hydrogen) atoms. The molecule has 1 aliphatic carbocycles. The summed E-state index contributed by atoms with van der Waals surface area (Å²) in [5.41, 5.74) is 2.31. The Balaban J connectivity index is 1.54. The maximum Gasteiger partial charge on any atom is 0.409 e. The van der Waals surface area contributed by atoms with Gasteiger partial charge in [-0.2, -0.15) is 0 Å². The van der Waals surface area contributed by atoms with Crippen LogP contribution in [0.15, 0.2) is 6.33 Å². The number of hydrogen-bond donors (Lipinski definition) is 1. The first-order chi connectivity index (χ1) is 9.34. The number of carbonyl (C=O) groups is 1. The van der Waals surface area contributed by atoms with Crippen molar-refractivity contribution in [3.05, 3.63) is 17.7 Å². The average Bonchev–Trinajstić information content (AvgIpc) is 2.94. The zero-order valence-electron chi connectivity index (χ0n) is 11.2. The first-order valence-electron chi connectivity index (χ1n) is 7.28. The van der Waals surface area contributed by atoms with Crippen molar-refractivity contribution in [3.63, 3.8) is 0 Å². The van der Waals surface area contributed by atoms with Crippen LogP contribution >= 0.6 is 0 Å². The van der Waals surface area contributed by atoms with Gasteiger partial charge in [0.25, 0.3) is 0 Å². The zero-order chi connectivity index (χ0) is 13.1. The molecule has 1 saturated heterocycles. The van der Waals surface area contributed by atoms with E-state index in [1.807, 2.05) is 4.90 Å². The molecule has 5 heteroatoms. The van der Waals surface area contributed by atoms with Gasteiger partial charge in [0, 0.05) is 24.7 Å². The molecule has 5 nitrogen and oxygen atoms in total. The van der Waals surface area contributed by atoms with Gasteiger partial charge >= 0.3 is 6.09 Å². The minimum atomic E-state index is -0.151. The molecular formula is C14H21N3O2. The quantitative estimate of drug-likeness (QED) is 0.891. The first kappa shape index (κ1) is 12.5. The number of fused-ring (bicyclic) bond motifs is 1. The number of H-pyrrole nitrogens is 1. The van der Waals surface area contributed by atoms with Gasteiger partial charge in [-0.05, 0) is 38.5 Å². The maximum absolute atomic E-state index is 12.0. The highest BCUT2D eigenvalue weighted by molar-refractivity contribution is 5.67. The topological polar surface area (TPSA) is 58.2 Å². The second kappa shape index (κ2) is 5.63. The standard InChI is InChI=1S/C14H21N3O2/c18-14(17-7-2-1-3-8-17)19-9-11-5-4-6-12-13(11)16-10-15-12/h10-11H,1-9H2,(H,15,16). The second-order valence-corrected chi connectivity index (χ2v) is 5.48. The van der Waals surface area contributed by atoms with E-state index in [9.17, 15) is 4.79 Å². The number of piperidine rings is 1. The molecule has 1 N–H and O–H groups in total. The SMILES string of the molecule is O=C(OCC1CCCc2[nH]cnc21)N1CCCCC1. The van der Waals surface area contributed by atoms with E-state index < -0.39 is 0 Å². The number of nitrogens with zero attached hydrogens (tertiary/aromatic N) is 2. The van der Waals surface area contributed by atoms with Gasteiger partial charge in [-0.1, -0.05) is 0 Å². The van der Waals surface area contributed by atoms with E-state index in [4.69, 9.17) is 4.74 Å². The van der Waals surface area contributed by atoms with Gasteiger partial charge < -0.3 is 14.6 Å². The van der Waals surface area contributed by atoms with Gasteiger partial charge in [0.05, 0.1) is 12.0 Å². The largest absolute Gasteiger partial charge is 0.449 e. The van der Waals surface area contributed by atoms with E-state index in [1.54, 1.807) is 6.33 Å². The van der Waals surface area contributed by atoms with Crippen LogP contribution in [0.2, 0.25) is 0 Å². The number of hydrogen-bond acceptors (Lipinski definition) is 3. The lowest BCUT2D eigenvalue weighted by molar-refractivity contribution is 0.0877. The Kier molecular flexibility index (Phi) is 3.71. The van der Waals surface area contributed by atoms with Crippen molar-refractivity contribution in [2.75, 3.05) is 19.7 Å². The van der Waals surface area contributed by atoms with E-state index in [1.165, 1.54) is 12.1 Å². The number of aromatic amines is 1. The first-order valence-corrected chi connectivity index (χ1v) is 7.28. The lowest BCUT2D eigenvalue weighted by atomic mass is 9.90. The van der Waals surface area contributed by atoms with Crippen molar-refractivity contribution in [2.45, 2.75) is 44.4 Å². The van der Waals surface area contributed by atoms with Gasteiger partial charge in [-0.15, -0.1) is 0 Å². The van der Waals surface area contributed by atoms with Crippen LogP contribution in [-0.2, 0) is 11.2 Å². The molecule has 0 bridgehead atoms. The summed E-state index contributed by atoms with van der Waals surface area (Å²) in [5, 5.41) is 0. The van der Waals surface area contributed by atoms with Crippen LogP contribution in [0.4, 0.5) is 4.79 Å². The summed E-state index contributed by atoms with van der Waals surface area (Å²) < 4.78 is 5.48. The monoisotopic (exact) mass is 263 g/mol. The summed E-state index contributed by atoms with van der Waals surface area (Å²) >= 11 is 0. The number of likely N-dealkylation sites (tertiary alicyclic amines) is 1. The fourth-order valence-corrected chi connectivity index (χ4v) is 3.05. The summed E-state index contributed by atoms with van der Waals surface area (Å²) in [6.07, 6.45) is 8.28. The lowest BCUT2D eigenvalue weighted by Gasteiger charge is -2.27. The Morgan fingerprint density at radius 1 is 1.37 bits per heavy atom. The number of aryl methyl sites for hydroxylation is 1. The highest BCUT2D eigenvalue weighted by Gasteiger charge is 2.25. The van der Waals surface area contributed by atoms with Gasteiger partial charge in [0.2, 0.25) is 0 Å². The summed E-state index contributed by atoms with van der Waals surface area (Å²) in [7, 11) is 0. The molecule has 3 rings (SSSR count). The highest BCUT2D eigenvalue weighted by Crippen LogP contribution is 2.29. The molecule has 1 unspecified atom stereocenters. The molecule has 1 aromatic heterocycles. The second-order valence-electron chi connectivity index (χ2n) is 5.48. The van der Waals surface area contributed by atoms with Crippen molar-refractivity contribution < 1.29 is 9.53 Å². The molecule has 1 amide bonds. The number of carbonyl (C=O) groups excluding carboxylic acids is 1. The number of amides is 1. The minimum Gasteiger partial charge on any atom is -0.449 e. The van der Waals surface area contributed by atoms with Crippen LogP contribution in [0.5, 0.6) is 0 Å². The van der Waals surface area contributed by atoms with Crippen molar-refractivity contribution in [1.29, 1.82) is 0 Å². The Hall–Kier alpha value is -1.52. The van der Waals surface area contributed by atoms with Crippen LogP contribution in [0.3, 0.4) is 0 Å². The van der Waals surface area contributed by atoms with E-state index in [2.05, 4.69) is 9.97 Å². The summed E-state index contributed by atoms with van der Waals surface area (Å²) in [5.74, 6) is 0.267. The smallest absolute Gasteiger partial charge is 0.409 e. The maximum atomic E-state index is 12.0. The number of aromatic nitrogens is 2. The Morgan fingerprint density at radius 2 is 2.21 bits per heavy atom. The van der Waals surface area contributed by atoms with Crippen molar-refractivity contribution in [2.24, 2.45) is 0 Å². The molecule has 0 saturated carbocycles. The van der Waals surface area contributed by atoms with E-state index in [0.717, 1.165) is 50.9 Å². The van der Waals surface area contributed by atoms with Crippen molar-refractivity contribution in [1.82, 2.24) is 14.9 Å². The normalized spacial score (nSPS) is 22.9. The van der Waals surface area contributed by atoms with Gasteiger partial charge in [0.15, 0.2) is 0 Å². The molecule has 2 aliphatic rings. The fraction of sp³-hybridized carbons (Fsp3) is 0.714. The predicted octanol–water partition coefficient (Wildman–Crippen LogP) is 2.45. The molecule has 1 aliphatic heterocycles. The Labute approximate surface area is 113 Å². The van der Waals surface area contributed by atoms with Crippen LogP contribution in [0.1, 0.15) is 49.4 Å². The highest BCUT2D eigenvalue weighted by atomic mass is 16.6. The summed E-state index contributed by atoms with van der Waals surface area (Å²) in [6, 6.07) is 0. The average molecular weight is 263 g/mol. The minimum absolute atomic E-state index is 0.151. The number of nitrogens with one attached hydrogen (secondary N) is 1. The van der Waals surface area contributed by atoms with E-state index in [-0.39, 0.29) is 12.0 Å². The Bertz CT molecular complexity index is 438. The molecule has 1 aromatic rings. The molecule has 0 aromatic carbocycles. The lowest BCUT2D eigenvalue weighted by Crippen LogP contribution is -2.36. The number of ether oxygens (including phenoxy) is 1. The molecule has 2 heterocycles. The van der Waals surface area contributed by atoms with E-state index in [0.29, 0.717) is 6.61 Å². The Morgan fingerprint density at radius 3 is 3.05 bits per heavy atom. The van der Waals surface area contributed by atoms with Crippen LogP contribution in [0.25, 0.3) is 0 Å². The molecule has 0 radical (unpaired) electrons. The fourth-order valence-electron chi connectivity index (χ4n) is 3.05. The third-order valence-corrected chi connectivity index (χ3v) is 4.14. The molecule has 1 atom stereocenters. The third-order valence-electron chi connectivity index (χ3n) is 4.14. The van der Waals surface area contributed by atoms with Gasteiger partial charge in [-0.3, -0.25) is 0 Å². The molecular weight excluding hydrogens is 242 g/mol. The van der Waals surface area contributed by atoms with Crippen LogP contribution in [0, 0.1) is 0 Å². The van der Waals surface area contributed by atoms with Gasteiger partial charge in [0.1, 0.15) is 6.61 Å². The van der Waals surface area contributed by atoms with Crippen LogP contribution in [-0.4, -0.2) is 40.7 Å². The third kappa shape index (κ3) is 2.74. The van der Waals surface area contributed by atoms with Crippen molar-refractivity contribution >= 4 is 6.09 Å². The molecule has 104 valence electrons. The van der Waals surface area contributed by atoms with Gasteiger partial charge in [-0.25, -0.2) is 9.78 Å². The number of imidazole rings is 1. The predicted molar refractivity (Wildman–Crippen MR) is 71.0 cm³/mol. The summed E-state index contributed by atoms with van der Waals surface area (Å²) in [6.45, 7) is 2.15. The number of rotatable bonds is 2. The van der Waals surface area contributed by atoms with E-state index >= 15 is 0 Å². The zero-order valence-corrected chi connectivity index (χ0v) is 11.2. The molecule has 1 fully saturated rings.